The molecule has 22 heavy (non-hydrogen) atoms. The van der Waals surface area contributed by atoms with Crippen LogP contribution in [-0.4, -0.2) is 28.9 Å². The molecule has 2 rings (SSSR count). The highest BCUT2D eigenvalue weighted by Crippen LogP contribution is 2.24. The zero-order chi connectivity index (χ0) is 15.9. The molecule has 120 valence electrons. The van der Waals surface area contributed by atoms with Crippen LogP contribution in [0.4, 0.5) is 0 Å². The van der Waals surface area contributed by atoms with Gasteiger partial charge in [0, 0.05) is 16.7 Å². The Labute approximate surface area is 137 Å². The van der Waals surface area contributed by atoms with E-state index in [0.29, 0.717) is 0 Å². The van der Waals surface area contributed by atoms with E-state index in [2.05, 4.69) is 25.2 Å². The number of aliphatic hydroxyl groups is 1. The number of carbonyl (C=O) groups is 1. The molecule has 0 unspecified atom stereocenters. The van der Waals surface area contributed by atoms with Crippen molar-refractivity contribution < 1.29 is 9.90 Å². The van der Waals surface area contributed by atoms with Crippen LogP contribution in [0.25, 0.3) is 0 Å². The predicted octanol–water partition coefficient (Wildman–Crippen LogP) is 3.78. The van der Waals surface area contributed by atoms with E-state index in [1.54, 1.807) is 11.8 Å². The van der Waals surface area contributed by atoms with Gasteiger partial charge in [0.05, 0.1) is 11.7 Å². The van der Waals surface area contributed by atoms with Gasteiger partial charge in [0.1, 0.15) is 0 Å². The zero-order valence-corrected chi connectivity index (χ0v) is 14.2. The Kier molecular flexibility index (Phi) is 6.52. The molecule has 0 aliphatic heterocycles. The zero-order valence-electron chi connectivity index (χ0n) is 13.3. The number of benzene rings is 1. The molecule has 1 aliphatic rings. The van der Waals surface area contributed by atoms with Gasteiger partial charge in [-0.3, -0.25) is 4.79 Å². The van der Waals surface area contributed by atoms with Crippen LogP contribution in [0.1, 0.15) is 49.9 Å². The summed E-state index contributed by atoms with van der Waals surface area (Å²) in [6.07, 6.45) is 5.26. The van der Waals surface area contributed by atoms with E-state index in [-0.39, 0.29) is 18.1 Å². The second kappa shape index (κ2) is 8.39. The minimum absolute atomic E-state index is 0.00156. The molecule has 0 bridgehead atoms. The lowest BCUT2D eigenvalue weighted by atomic mass is 9.93. The minimum atomic E-state index is -0.194. The first-order valence-electron chi connectivity index (χ1n) is 7.90. The average molecular weight is 319 g/mol. The van der Waals surface area contributed by atoms with Crippen LogP contribution in [0.2, 0.25) is 0 Å². The van der Waals surface area contributed by atoms with E-state index in [4.69, 9.17) is 0 Å². The SMILES string of the molecule is CC(C)=CCSc1ccccc1C(=O)NC1CCC(O)CC1. The summed E-state index contributed by atoms with van der Waals surface area (Å²) in [6, 6.07) is 7.95. The van der Waals surface area contributed by atoms with Crippen LogP contribution in [0.5, 0.6) is 0 Å². The first kappa shape index (κ1) is 17.1. The second-order valence-electron chi connectivity index (χ2n) is 6.07. The lowest BCUT2D eigenvalue weighted by Gasteiger charge is -2.26. The molecule has 1 saturated carbocycles. The highest BCUT2D eigenvalue weighted by atomic mass is 32.2. The van der Waals surface area contributed by atoms with Crippen molar-refractivity contribution in [2.24, 2.45) is 0 Å². The molecule has 0 saturated heterocycles. The topological polar surface area (TPSA) is 49.3 Å². The Hall–Kier alpha value is -1.26. The molecule has 2 N–H and O–H groups in total. The molecular weight excluding hydrogens is 294 g/mol. The largest absolute Gasteiger partial charge is 0.393 e. The van der Waals surface area contributed by atoms with Crippen LogP contribution < -0.4 is 5.32 Å². The third-order valence-corrected chi connectivity index (χ3v) is 4.89. The number of amides is 1. The first-order valence-corrected chi connectivity index (χ1v) is 8.89. The van der Waals surface area contributed by atoms with Gasteiger partial charge in [0.2, 0.25) is 0 Å². The molecule has 3 nitrogen and oxygen atoms in total. The summed E-state index contributed by atoms with van der Waals surface area (Å²) >= 11 is 1.69. The maximum absolute atomic E-state index is 12.5. The molecular formula is C18H25NO2S. The number of rotatable bonds is 5. The monoisotopic (exact) mass is 319 g/mol. The van der Waals surface area contributed by atoms with E-state index < -0.39 is 0 Å². The van der Waals surface area contributed by atoms with Crippen molar-refractivity contribution in [1.82, 2.24) is 5.32 Å². The van der Waals surface area contributed by atoms with Gasteiger partial charge in [-0.05, 0) is 51.7 Å². The first-order chi connectivity index (χ1) is 10.6. The fraction of sp³-hybridized carbons (Fsp3) is 0.500. The number of allylic oxidation sites excluding steroid dienone is 1. The van der Waals surface area contributed by atoms with Gasteiger partial charge in [-0.1, -0.05) is 23.8 Å². The summed E-state index contributed by atoms with van der Waals surface area (Å²) < 4.78 is 0. The van der Waals surface area contributed by atoms with Gasteiger partial charge in [-0.2, -0.15) is 0 Å². The van der Waals surface area contributed by atoms with Crippen LogP contribution >= 0.6 is 11.8 Å². The van der Waals surface area contributed by atoms with Crippen LogP contribution in [0.15, 0.2) is 40.8 Å². The van der Waals surface area contributed by atoms with Gasteiger partial charge in [-0.25, -0.2) is 0 Å². The van der Waals surface area contributed by atoms with Crippen LogP contribution in [-0.2, 0) is 0 Å². The summed E-state index contributed by atoms with van der Waals surface area (Å²) in [6.45, 7) is 4.16. The number of nitrogens with one attached hydrogen (secondary N) is 1. The summed E-state index contributed by atoms with van der Waals surface area (Å²) in [7, 11) is 0. The van der Waals surface area contributed by atoms with Crippen molar-refractivity contribution >= 4 is 17.7 Å². The van der Waals surface area contributed by atoms with Crippen molar-refractivity contribution in [2.75, 3.05) is 5.75 Å². The van der Waals surface area contributed by atoms with E-state index in [1.165, 1.54) is 5.57 Å². The molecule has 1 aromatic rings. The molecule has 0 radical (unpaired) electrons. The third-order valence-electron chi connectivity index (χ3n) is 3.89. The molecule has 0 atom stereocenters. The Balaban J connectivity index is 1.98. The Bertz CT molecular complexity index is 530. The maximum atomic E-state index is 12.5. The van der Waals surface area contributed by atoms with Crippen molar-refractivity contribution in [3.63, 3.8) is 0 Å². The third kappa shape index (κ3) is 5.18. The van der Waals surface area contributed by atoms with Gasteiger partial charge in [0.15, 0.2) is 0 Å². The standard InChI is InChI=1S/C18H25NO2S/c1-13(2)11-12-22-17-6-4-3-5-16(17)18(21)19-14-7-9-15(20)10-8-14/h3-6,11,14-15,20H,7-10,12H2,1-2H3,(H,19,21). The van der Waals surface area contributed by atoms with E-state index in [0.717, 1.165) is 41.9 Å². The lowest BCUT2D eigenvalue weighted by molar-refractivity contribution is 0.0865. The molecule has 0 heterocycles. The highest BCUT2D eigenvalue weighted by Gasteiger charge is 2.22. The van der Waals surface area contributed by atoms with Crippen LogP contribution in [0.3, 0.4) is 0 Å². The molecule has 0 spiro atoms. The Morgan fingerprint density at radius 3 is 2.64 bits per heavy atom. The van der Waals surface area contributed by atoms with Gasteiger partial charge < -0.3 is 10.4 Å². The number of carbonyl (C=O) groups excluding carboxylic acids is 1. The maximum Gasteiger partial charge on any atom is 0.252 e. The smallest absolute Gasteiger partial charge is 0.252 e. The van der Waals surface area contributed by atoms with Gasteiger partial charge >= 0.3 is 0 Å². The molecule has 1 fully saturated rings. The molecule has 1 aliphatic carbocycles. The minimum Gasteiger partial charge on any atom is -0.393 e. The summed E-state index contributed by atoms with van der Waals surface area (Å²) in [5, 5.41) is 12.7. The fourth-order valence-corrected chi connectivity index (χ4v) is 3.65. The van der Waals surface area contributed by atoms with E-state index in [1.807, 2.05) is 24.3 Å². The lowest BCUT2D eigenvalue weighted by Crippen LogP contribution is -2.38. The van der Waals surface area contributed by atoms with Crippen molar-refractivity contribution in [3.05, 3.63) is 41.5 Å². The number of hydrogen-bond acceptors (Lipinski definition) is 3. The average Bonchev–Trinajstić information content (AvgIpc) is 2.49. The number of thioether (sulfide) groups is 1. The quantitative estimate of drug-likeness (QED) is 0.641. The van der Waals surface area contributed by atoms with Gasteiger partial charge in [0.25, 0.3) is 5.91 Å². The summed E-state index contributed by atoms with van der Waals surface area (Å²) in [5.41, 5.74) is 2.04. The van der Waals surface area contributed by atoms with Gasteiger partial charge in [-0.15, -0.1) is 11.8 Å². The normalized spacial score (nSPS) is 21.2. The Morgan fingerprint density at radius 1 is 1.27 bits per heavy atom. The fourth-order valence-electron chi connectivity index (χ4n) is 2.56. The molecule has 1 aromatic carbocycles. The van der Waals surface area contributed by atoms with Crippen LogP contribution in [0, 0.1) is 0 Å². The van der Waals surface area contributed by atoms with E-state index >= 15 is 0 Å². The molecule has 4 heteroatoms. The van der Waals surface area contributed by atoms with E-state index in [9.17, 15) is 9.90 Å². The summed E-state index contributed by atoms with van der Waals surface area (Å²) in [4.78, 5) is 13.5. The molecule has 0 aromatic heterocycles. The Morgan fingerprint density at radius 2 is 1.95 bits per heavy atom. The predicted molar refractivity (Wildman–Crippen MR) is 92.3 cm³/mol. The van der Waals surface area contributed by atoms with Crippen molar-refractivity contribution in [2.45, 2.75) is 56.6 Å². The molecule has 1 amide bonds. The summed E-state index contributed by atoms with van der Waals surface area (Å²) in [5.74, 6) is 0.879. The second-order valence-corrected chi connectivity index (χ2v) is 7.13. The number of hydrogen-bond donors (Lipinski definition) is 2. The highest BCUT2D eigenvalue weighted by molar-refractivity contribution is 7.99. The van der Waals surface area contributed by atoms with Crippen molar-refractivity contribution in [1.29, 1.82) is 0 Å². The van der Waals surface area contributed by atoms with Crippen molar-refractivity contribution in [3.8, 4) is 0 Å². The number of aliphatic hydroxyl groups excluding tert-OH is 1.